The zero-order valence-electron chi connectivity index (χ0n) is 13.9. The summed E-state index contributed by atoms with van der Waals surface area (Å²) in [5, 5.41) is 3.98. The highest BCUT2D eigenvalue weighted by atomic mass is 16.5. The summed E-state index contributed by atoms with van der Waals surface area (Å²) in [6.45, 7) is 4.37. The summed E-state index contributed by atoms with van der Waals surface area (Å²) in [7, 11) is 1.99. The summed E-state index contributed by atoms with van der Waals surface area (Å²) >= 11 is 0. The molecule has 3 aromatic rings. The van der Waals surface area contributed by atoms with Gasteiger partial charge in [-0.1, -0.05) is 17.3 Å². The van der Waals surface area contributed by atoms with Gasteiger partial charge in [0, 0.05) is 27.1 Å². The predicted molar refractivity (Wildman–Crippen MR) is 92.1 cm³/mol. The lowest BCUT2D eigenvalue weighted by Gasteiger charge is -2.25. The minimum absolute atomic E-state index is 0.533. The molecule has 1 fully saturated rings. The van der Waals surface area contributed by atoms with E-state index in [4.69, 9.17) is 14.5 Å². The van der Waals surface area contributed by atoms with Crippen molar-refractivity contribution in [2.24, 2.45) is 0 Å². The van der Waals surface area contributed by atoms with Gasteiger partial charge in [0.1, 0.15) is 0 Å². The number of rotatable bonds is 4. The van der Waals surface area contributed by atoms with Gasteiger partial charge in [0.2, 0.25) is 5.89 Å². The molecule has 0 saturated carbocycles. The highest BCUT2D eigenvalue weighted by Gasteiger charge is 2.22. The van der Waals surface area contributed by atoms with E-state index in [0.29, 0.717) is 18.3 Å². The van der Waals surface area contributed by atoms with Crippen LogP contribution in [0.15, 0.2) is 28.8 Å². The van der Waals surface area contributed by atoms with Crippen molar-refractivity contribution in [2.75, 3.05) is 29.9 Å². The zero-order chi connectivity index (χ0) is 16.5. The van der Waals surface area contributed by atoms with E-state index >= 15 is 0 Å². The van der Waals surface area contributed by atoms with Gasteiger partial charge in [-0.25, -0.2) is 9.97 Å². The molecular formula is C17H20N6O. The Morgan fingerprint density at radius 1 is 1.08 bits per heavy atom. The van der Waals surface area contributed by atoms with Crippen LogP contribution in [0.4, 0.5) is 11.6 Å². The average molecular weight is 324 g/mol. The summed E-state index contributed by atoms with van der Waals surface area (Å²) in [4.78, 5) is 18.4. The Labute approximate surface area is 140 Å². The molecule has 4 rings (SSSR count). The van der Waals surface area contributed by atoms with Crippen LogP contribution < -0.4 is 9.80 Å². The number of benzene rings is 1. The van der Waals surface area contributed by atoms with Gasteiger partial charge in [0.15, 0.2) is 17.5 Å². The molecule has 7 heteroatoms. The van der Waals surface area contributed by atoms with Crippen LogP contribution in [0.5, 0.6) is 0 Å². The highest BCUT2D eigenvalue weighted by molar-refractivity contribution is 5.80. The lowest BCUT2D eigenvalue weighted by molar-refractivity contribution is 0.387. The van der Waals surface area contributed by atoms with E-state index in [0.717, 1.165) is 35.8 Å². The quantitative estimate of drug-likeness (QED) is 0.730. The van der Waals surface area contributed by atoms with Crippen molar-refractivity contribution >= 4 is 22.7 Å². The maximum absolute atomic E-state index is 5.07. The normalized spacial score (nSPS) is 14.5. The van der Waals surface area contributed by atoms with Crippen molar-refractivity contribution in [3.05, 3.63) is 36.0 Å². The average Bonchev–Trinajstić information content (AvgIpc) is 3.25. The lowest BCUT2D eigenvalue weighted by Crippen LogP contribution is -2.26. The minimum atomic E-state index is 0.533. The van der Waals surface area contributed by atoms with Crippen LogP contribution in [0.1, 0.15) is 24.6 Å². The van der Waals surface area contributed by atoms with Gasteiger partial charge in [-0.05, 0) is 25.0 Å². The van der Waals surface area contributed by atoms with Gasteiger partial charge < -0.3 is 14.3 Å². The van der Waals surface area contributed by atoms with Crippen LogP contribution in [0.3, 0.4) is 0 Å². The van der Waals surface area contributed by atoms with Crippen LogP contribution in [-0.2, 0) is 6.54 Å². The van der Waals surface area contributed by atoms with Crippen molar-refractivity contribution in [3.63, 3.8) is 0 Å². The molecule has 0 N–H and O–H groups in total. The molecule has 0 radical (unpaired) electrons. The van der Waals surface area contributed by atoms with E-state index in [1.54, 1.807) is 6.92 Å². The van der Waals surface area contributed by atoms with Gasteiger partial charge in [-0.3, -0.25) is 0 Å². The van der Waals surface area contributed by atoms with Crippen molar-refractivity contribution in [3.8, 4) is 0 Å². The Morgan fingerprint density at radius 3 is 2.46 bits per heavy atom. The van der Waals surface area contributed by atoms with Gasteiger partial charge >= 0.3 is 0 Å². The standard InChI is InChI=1S/C17H20N6O/c1-12-18-15(21-24-12)11-22(2)16-17(23-9-5-6-10-23)20-14-8-4-3-7-13(14)19-16/h3-4,7-8H,5-6,9-11H2,1-2H3. The largest absolute Gasteiger partial charge is 0.354 e. The molecule has 0 amide bonds. The van der Waals surface area contributed by atoms with Crippen LogP contribution in [0.25, 0.3) is 11.0 Å². The Hall–Kier alpha value is -2.70. The second-order valence-electron chi connectivity index (χ2n) is 6.14. The number of hydrogen-bond donors (Lipinski definition) is 0. The van der Waals surface area contributed by atoms with Gasteiger partial charge in [0.25, 0.3) is 0 Å². The molecule has 0 unspecified atom stereocenters. The smallest absolute Gasteiger partial charge is 0.223 e. The first kappa shape index (κ1) is 14.9. The van der Waals surface area contributed by atoms with Crippen LogP contribution in [0.2, 0.25) is 0 Å². The summed E-state index contributed by atoms with van der Waals surface area (Å²) in [6, 6.07) is 7.98. The van der Waals surface area contributed by atoms with E-state index in [1.165, 1.54) is 12.8 Å². The summed E-state index contributed by atoms with van der Waals surface area (Å²) < 4.78 is 5.07. The number of aromatic nitrogens is 4. The molecule has 3 heterocycles. The fourth-order valence-electron chi connectivity index (χ4n) is 3.07. The molecule has 0 aliphatic carbocycles. The number of hydrogen-bond acceptors (Lipinski definition) is 7. The Balaban J connectivity index is 1.74. The molecule has 124 valence electrons. The van der Waals surface area contributed by atoms with Crippen molar-refractivity contribution in [1.29, 1.82) is 0 Å². The monoisotopic (exact) mass is 324 g/mol. The molecule has 7 nitrogen and oxygen atoms in total. The van der Waals surface area contributed by atoms with Crippen LogP contribution in [0, 0.1) is 6.92 Å². The number of aryl methyl sites for hydroxylation is 1. The van der Waals surface area contributed by atoms with Gasteiger partial charge in [-0.15, -0.1) is 0 Å². The first-order valence-corrected chi connectivity index (χ1v) is 8.23. The Kier molecular flexibility index (Phi) is 3.76. The van der Waals surface area contributed by atoms with Crippen LogP contribution in [-0.4, -0.2) is 40.2 Å². The summed E-state index contributed by atoms with van der Waals surface area (Å²) in [5.74, 6) is 3.02. The Bertz CT molecular complexity index is 855. The van der Waals surface area contributed by atoms with E-state index in [-0.39, 0.29) is 0 Å². The van der Waals surface area contributed by atoms with Crippen molar-refractivity contribution < 1.29 is 4.52 Å². The second-order valence-corrected chi connectivity index (χ2v) is 6.14. The molecule has 0 atom stereocenters. The molecule has 1 saturated heterocycles. The highest BCUT2D eigenvalue weighted by Crippen LogP contribution is 2.30. The van der Waals surface area contributed by atoms with E-state index < -0.39 is 0 Å². The fourth-order valence-corrected chi connectivity index (χ4v) is 3.07. The summed E-state index contributed by atoms with van der Waals surface area (Å²) in [6.07, 6.45) is 2.39. The lowest BCUT2D eigenvalue weighted by atomic mass is 10.3. The van der Waals surface area contributed by atoms with E-state index in [1.807, 2.05) is 36.2 Å². The van der Waals surface area contributed by atoms with E-state index in [2.05, 4.69) is 15.0 Å². The predicted octanol–water partition coefficient (Wildman–Crippen LogP) is 2.56. The maximum atomic E-state index is 5.07. The Morgan fingerprint density at radius 2 is 1.79 bits per heavy atom. The minimum Gasteiger partial charge on any atom is -0.354 e. The van der Waals surface area contributed by atoms with Gasteiger partial charge in [-0.2, -0.15) is 4.98 Å². The van der Waals surface area contributed by atoms with Crippen LogP contribution >= 0.6 is 0 Å². The fraction of sp³-hybridized carbons (Fsp3) is 0.412. The van der Waals surface area contributed by atoms with Crippen molar-refractivity contribution in [1.82, 2.24) is 20.1 Å². The molecule has 24 heavy (non-hydrogen) atoms. The third-order valence-corrected chi connectivity index (χ3v) is 4.25. The third kappa shape index (κ3) is 2.77. The molecule has 1 aliphatic rings. The maximum Gasteiger partial charge on any atom is 0.223 e. The molecule has 0 spiro atoms. The zero-order valence-corrected chi connectivity index (χ0v) is 13.9. The summed E-state index contributed by atoms with van der Waals surface area (Å²) in [5.41, 5.74) is 1.82. The van der Waals surface area contributed by atoms with Gasteiger partial charge in [0.05, 0.1) is 17.6 Å². The topological polar surface area (TPSA) is 71.2 Å². The van der Waals surface area contributed by atoms with E-state index in [9.17, 15) is 0 Å². The molecule has 0 bridgehead atoms. The molecule has 1 aromatic carbocycles. The number of nitrogens with zero attached hydrogens (tertiary/aromatic N) is 6. The SMILES string of the molecule is Cc1nc(CN(C)c2nc3ccccc3nc2N2CCCC2)no1. The van der Waals surface area contributed by atoms with Crippen molar-refractivity contribution in [2.45, 2.75) is 26.3 Å². The first-order valence-electron chi connectivity index (χ1n) is 8.23. The second kappa shape index (κ2) is 6.07. The molecule has 1 aliphatic heterocycles. The number of fused-ring (bicyclic) bond motifs is 1. The first-order chi connectivity index (χ1) is 11.7. The molecular weight excluding hydrogens is 304 g/mol. The molecule has 2 aromatic heterocycles. The third-order valence-electron chi connectivity index (χ3n) is 4.25. The number of anilines is 2. The number of para-hydroxylation sites is 2.